The Labute approximate surface area is 82.5 Å². The molecule has 0 aliphatic carbocycles. The molecule has 0 unspecified atom stereocenters. The molecular weight excluding hydrogens is 162 g/mol. The molecule has 3 nitrogen and oxygen atoms in total. The Bertz CT molecular complexity index is 76.2. The molecule has 3 heteroatoms. The van der Waals surface area contributed by atoms with Crippen LogP contribution in [0.5, 0.6) is 0 Å². The van der Waals surface area contributed by atoms with Crippen LogP contribution in [-0.2, 0) is 0 Å². The van der Waals surface area contributed by atoms with Crippen molar-refractivity contribution in [1.82, 2.24) is 10.6 Å². The van der Waals surface area contributed by atoms with Gasteiger partial charge in [0.1, 0.15) is 0 Å². The fraction of sp³-hybridized carbons (Fsp3) is 1.00. The van der Waals surface area contributed by atoms with Gasteiger partial charge in [-0.25, -0.2) is 0 Å². The lowest BCUT2D eigenvalue weighted by Gasteiger charge is -2.05. The summed E-state index contributed by atoms with van der Waals surface area (Å²) < 4.78 is 0. The maximum atomic E-state index is 5.37. The van der Waals surface area contributed by atoms with Crippen molar-refractivity contribution in [3.05, 3.63) is 0 Å². The number of unbranched alkanes of at least 4 members (excludes halogenated alkanes) is 2. The third kappa shape index (κ3) is 11.9. The van der Waals surface area contributed by atoms with E-state index in [1.54, 1.807) is 0 Å². The highest BCUT2D eigenvalue weighted by Gasteiger charge is 1.88. The zero-order valence-electron chi connectivity index (χ0n) is 8.94. The van der Waals surface area contributed by atoms with E-state index in [1.807, 2.05) is 0 Å². The molecule has 0 aromatic rings. The summed E-state index contributed by atoms with van der Waals surface area (Å²) in [6.07, 6.45) is 5.03. The molecule has 80 valence electrons. The fourth-order valence-electron chi connectivity index (χ4n) is 1.15. The van der Waals surface area contributed by atoms with E-state index in [1.165, 1.54) is 19.3 Å². The molecule has 0 fully saturated rings. The lowest BCUT2D eigenvalue weighted by Crippen LogP contribution is -2.29. The Hall–Kier alpha value is -0.120. The predicted octanol–water partition coefficient (Wildman–Crippen LogP) is 0.705. The summed E-state index contributed by atoms with van der Waals surface area (Å²) in [5, 5.41) is 6.74. The van der Waals surface area contributed by atoms with E-state index < -0.39 is 0 Å². The topological polar surface area (TPSA) is 50.1 Å². The van der Waals surface area contributed by atoms with Crippen LogP contribution in [0.1, 0.15) is 32.6 Å². The first-order chi connectivity index (χ1) is 6.41. The fourth-order valence-corrected chi connectivity index (χ4v) is 1.15. The molecule has 0 aliphatic rings. The minimum Gasteiger partial charge on any atom is -0.330 e. The van der Waals surface area contributed by atoms with Crippen LogP contribution in [0, 0.1) is 0 Å². The first kappa shape index (κ1) is 12.9. The van der Waals surface area contributed by atoms with Crippen LogP contribution >= 0.6 is 0 Å². The second-order valence-electron chi connectivity index (χ2n) is 3.35. The van der Waals surface area contributed by atoms with Crippen molar-refractivity contribution < 1.29 is 0 Å². The van der Waals surface area contributed by atoms with Gasteiger partial charge >= 0.3 is 0 Å². The van der Waals surface area contributed by atoms with E-state index >= 15 is 0 Å². The van der Waals surface area contributed by atoms with Crippen molar-refractivity contribution >= 4 is 0 Å². The summed E-state index contributed by atoms with van der Waals surface area (Å²) in [6, 6.07) is 0. The lowest BCUT2D eigenvalue weighted by atomic mass is 10.2. The zero-order valence-corrected chi connectivity index (χ0v) is 8.94. The van der Waals surface area contributed by atoms with Crippen LogP contribution in [0.25, 0.3) is 0 Å². The van der Waals surface area contributed by atoms with E-state index in [0.29, 0.717) is 0 Å². The lowest BCUT2D eigenvalue weighted by molar-refractivity contribution is 0.576. The number of hydrogen-bond acceptors (Lipinski definition) is 3. The molecule has 0 bridgehead atoms. The molecule has 0 amide bonds. The van der Waals surface area contributed by atoms with Gasteiger partial charge in [-0.2, -0.15) is 0 Å². The summed E-state index contributed by atoms with van der Waals surface area (Å²) >= 11 is 0. The molecule has 0 saturated carbocycles. The second kappa shape index (κ2) is 11.9. The van der Waals surface area contributed by atoms with Crippen molar-refractivity contribution in [2.75, 3.05) is 32.7 Å². The van der Waals surface area contributed by atoms with Crippen LogP contribution < -0.4 is 16.4 Å². The highest BCUT2D eigenvalue weighted by molar-refractivity contribution is 4.52. The van der Waals surface area contributed by atoms with Crippen molar-refractivity contribution in [2.24, 2.45) is 5.73 Å². The average Bonchev–Trinajstić information content (AvgIpc) is 2.16. The normalized spacial score (nSPS) is 10.6. The Balaban J connectivity index is 2.76. The number of rotatable bonds is 10. The Morgan fingerprint density at radius 1 is 0.846 bits per heavy atom. The average molecular weight is 187 g/mol. The van der Waals surface area contributed by atoms with Gasteiger partial charge < -0.3 is 16.4 Å². The van der Waals surface area contributed by atoms with E-state index in [2.05, 4.69) is 17.6 Å². The number of nitrogens with two attached hydrogens (primary N) is 1. The number of hydrogen-bond donors (Lipinski definition) is 3. The van der Waals surface area contributed by atoms with Crippen LogP contribution in [0.2, 0.25) is 0 Å². The van der Waals surface area contributed by atoms with E-state index in [4.69, 9.17) is 5.73 Å². The molecule has 0 aromatic heterocycles. The monoisotopic (exact) mass is 187 g/mol. The van der Waals surface area contributed by atoms with Crippen molar-refractivity contribution in [3.63, 3.8) is 0 Å². The maximum absolute atomic E-state index is 5.37. The van der Waals surface area contributed by atoms with Crippen LogP contribution in [0.3, 0.4) is 0 Å². The van der Waals surface area contributed by atoms with Crippen LogP contribution in [0.15, 0.2) is 0 Å². The Morgan fingerprint density at radius 2 is 1.46 bits per heavy atom. The summed E-state index contributed by atoms with van der Waals surface area (Å²) in [5.74, 6) is 0. The SMILES string of the molecule is CCCCCNCCNCCCN. The standard InChI is InChI=1S/C10H25N3/c1-2-3-4-7-12-9-10-13-8-5-6-11/h12-13H,2-11H2,1H3. The smallest absolute Gasteiger partial charge is 0.00767 e. The van der Waals surface area contributed by atoms with Gasteiger partial charge in [0, 0.05) is 13.1 Å². The number of nitrogens with one attached hydrogen (secondary N) is 2. The largest absolute Gasteiger partial charge is 0.330 e. The highest BCUT2D eigenvalue weighted by Crippen LogP contribution is 1.90. The Morgan fingerprint density at radius 3 is 2.00 bits per heavy atom. The summed E-state index contributed by atoms with van der Waals surface area (Å²) in [7, 11) is 0. The van der Waals surface area contributed by atoms with Gasteiger partial charge in [-0.05, 0) is 32.5 Å². The van der Waals surface area contributed by atoms with E-state index in [0.717, 1.165) is 39.1 Å². The molecule has 0 spiro atoms. The minimum atomic E-state index is 0.789. The molecule has 4 N–H and O–H groups in total. The summed E-state index contributed by atoms with van der Waals surface area (Å²) in [4.78, 5) is 0. The second-order valence-corrected chi connectivity index (χ2v) is 3.35. The summed E-state index contributed by atoms with van der Waals surface area (Å²) in [6.45, 7) is 7.37. The predicted molar refractivity (Wildman–Crippen MR) is 58.9 cm³/mol. The molecule has 13 heavy (non-hydrogen) atoms. The third-order valence-corrected chi connectivity index (χ3v) is 1.99. The zero-order chi connectivity index (χ0) is 9.78. The molecule has 0 aliphatic heterocycles. The molecule has 0 rings (SSSR count). The van der Waals surface area contributed by atoms with Crippen LogP contribution in [0.4, 0.5) is 0 Å². The first-order valence-electron chi connectivity index (χ1n) is 5.53. The molecular formula is C10H25N3. The summed E-state index contributed by atoms with van der Waals surface area (Å²) in [5.41, 5.74) is 5.37. The van der Waals surface area contributed by atoms with Gasteiger partial charge in [-0.3, -0.25) is 0 Å². The molecule has 0 atom stereocenters. The van der Waals surface area contributed by atoms with Crippen LogP contribution in [-0.4, -0.2) is 32.7 Å². The van der Waals surface area contributed by atoms with Gasteiger partial charge in [0.15, 0.2) is 0 Å². The highest BCUT2D eigenvalue weighted by atomic mass is 14.9. The molecule has 0 aromatic carbocycles. The molecule has 0 radical (unpaired) electrons. The van der Waals surface area contributed by atoms with E-state index in [9.17, 15) is 0 Å². The van der Waals surface area contributed by atoms with Crippen molar-refractivity contribution in [3.8, 4) is 0 Å². The third-order valence-electron chi connectivity index (χ3n) is 1.99. The Kier molecular flexibility index (Phi) is 11.8. The maximum Gasteiger partial charge on any atom is 0.00767 e. The van der Waals surface area contributed by atoms with E-state index in [-0.39, 0.29) is 0 Å². The van der Waals surface area contributed by atoms with Gasteiger partial charge in [0.2, 0.25) is 0 Å². The molecule has 0 saturated heterocycles. The van der Waals surface area contributed by atoms with Crippen molar-refractivity contribution in [1.29, 1.82) is 0 Å². The molecule has 0 heterocycles. The van der Waals surface area contributed by atoms with Gasteiger partial charge in [0.25, 0.3) is 0 Å². The van der Waals surface area contributed by atoms with Gasteiger partial charge in [-0.1, -0.05) is 19.8 Å². The van der Waals surface area contributed by atoms with Crippen molar-refractivity contribution in [2.45, 2.75) is 32.6 Å². The van der Waals surface area contributed by atoms with Gasteiger partial charge in [0.05, 0.1) is 0 Å². The van der Waals surface area contributed by atoms with Gasteiger partial charge in [-0.15, -0.1) is 0 Å². The minimum absolute atomic E-state index is 0.789. The first-order valence-corrected chi connectivity index (χ1v) is 5.53. The quantitative estimate of drug-likeness (QED) is 0.441.